The highest BCUT2D eigenvalue weighted by Crippen LogP contribution is 2.21. The predicted molar refractivity (Wildman–Crippen MR) is 172 cm³/mol. The number of nitrogens with zero attached hydrogens (tertiary/aromatic N) is 2. The number of para-hydroxylation sites is 2. The Kier molecular flexibility index (Phi) is 9.57. The van der Waals surface area contributed by atoms with Crippen molar-refractivity contribution in [1.29, 1.82) is 0 Å². The molecule has 0 bridgehead atoms. The van der Waals surface area contributed by atoms with E-state index in [-0.39, 0.29) is 35.7 Å². The van der Waals surface area contributed by atoms with Gasteiger partial charge in [0.05, 0.1) is 35.7 Å². The van der Waals surface area contributed by atoms with E-state index in [0.717, 1.165) is 18.4 Å². The molecule has 2 heterocycles. The van der Waals surface area contributed by atoms with E-state index in [1.54, 1.807) is 68.5 Å². The van der Waals surface area contributed by atoms with Crippen LogP contribution in [-0.2, 0) is 9.47 Å². The van der Waals surface area contributed by atoms with Crippen molar-refractivity contribution >= 4 is 24.1 Å². The molecule has 2 aromatic carbocycles. The van der Waals surface area contributed by atoms with Crippen molar-refractivity contribution in [3.8, 4) is 11.4 Å². The summed E-state index contributed by atoms with van der Waals surface area (Å²) >= 11 is 0. The van der Waals surface area contributed by atoms with Gasteiger partial charge in [0.25, 0.3) is 11.1 Å². The second-order valence-corrected chi connectivity index (χ2v) is 9.87. The summed E-state index contributed by atoms with van der Waals surface area (Å²) in [7, 11) is 0. The molecule has 5 rings (SSSR count). The molecule has 10 nitrogen and oxygen atoms in total. The lowest BCUT2D eigenvalue weighted by molar-refractivity contribution is 0.0509. The highest BCUT2D eigenvalue weighted by Gasteiger charge is 2.22. The van der Waals surface area contributed by atoms with Crippen molar-refractivity contribution in [2.24, 2.45) is 0 Å². The number of allylic oxidation sites excluding steroid dienone is 6. The number of esters is 2. The molecule has 0 amide bonds. The highest BCUT2D eigenvalue weighted by atomic mass is 16.5. The number of carbonyl (C=O) groups is 2. The zero-order chi connectivity index (χ0) is 31.8. The Morgan fingerprint density at radius 3 is 1.84 bits per heavy atom. The molecule has 1 aliphatic carbocycles. The smallest absolute Gasteiger partial charge is 0.357 e. The molecule has 0 saturated carbocycles. The van der Waals surface area contributed by atoms with E-state index in [1.807, 2.05) is 30.4 Å². The molecule has 45 heavy (non-hydrogen) atoms. The fourth-order valence-electron chi connectivity index (χ4n) is 4.78. The first-order chi connectivity index (χ1) is 21.9. The number of nitrogens with one attached hydrogen (secondary N) is 2. The third kappa shape index (κ3) is 6.71. The molecule has 0 aliphatic heterocycles. The van der Waals surface area contributed by atoms with Gasteiger partial charge in [-0.2, -0.15) is 0 Å². The Hall–Kier alpha value is -5.86. The number of hydrogen-bond acceptors (Lipinski definition) is 6. The number of benzene rings is 2. The van der Waals surface area contributed by atoms with Crippen molar-refractivity contribution in [3.05, 3.63) is 145 Å². The standard InChI is InChI=1S/C35H32N4O6/c1-3-44-34(42)30-28(32(40)38(36-30)26-16-10-6-11-17-26)22-20-25(24-14-8-5-9-15-24)21-23-29-31(35(43)45-4-2)37-39(33(29)41)27-18-12-7-13-19-27/h6-8,10-20,22-23,36-37H,3-5,9H2,1-2H3. The number of carbonyl (C=O) groups excluding carboxylic acids is 2. The van der Waals surface area contributed by atoms with Crippen molar-refractivity contribution in [1.82, 2.24) is 19.6 Å². The molecule has 4 aromatic rings. The van der Waals surface area contributed by atoms with Gasteiger partial charge in [-0.05, 0) is 74.8 Å². The summed E-state index contributed by atoms with van der Waals surface area (Å²) in [6.07, 6.45) is 12.2. The number of aromatic amines is 2. The molecule has 0 unspecified atom stereocenters. The summed E-state index contributed by atoms with van der Waals surface area (Å²) in [4.78, 5) is 52.8. The SMILES string of the molecule is CCOC(=O)c1[nH]n(-c2ccccc2)c(=O)c1C=C=C(C=Cc1c(C(=O)OCC)[nH]n(-c2ccccc2)c1=O)C1=CCCC=C1. The zero-order valence-electron chi connectivity index (χ0n) is 24.9. The monoisotopic (exact) mass is 604 g/mol. The molecule has 2 aromatic heterocycles. The zero-order valence-corrected chi connectivity index (χ0v) is 24.9. The molecular weight excluding hydrogens is 572 g/mol. The van der Waals surface area contributed by atoms with Gasteiger partial charge in [-0.1, -0.05) is 54.6 Å². The summed E-state index contributed by atoms with van der Waals surface area (Å²) in [5.74, 6) is -1.35. The molecule has 0 atom stereocenters. The van der Waals surface area contributed by atoms with E-state index in [1.165, 1.54) is 21.5 Å². The average Bonchev–Trinajstić information content (AvgIpc) is 3.58. The predicted octanol–water partition coefficient (Wildman–Crippen LogP) is 5.53. The number of ether oxygens (including phenoxy) is 2. The summed E-state index contributed by atoms with van der Waals surface area (Å²) in [6.45, 7) is 3.63. The second kappa shape index (κ2) is 14.1. The Bertz CT molecular complexity index is 1980. The highest BCUT2D eigenvalue weighted by molar-refractivity contribution is 5.92. The Morgan fingerprint density at radius 2 is 1.33 bits per heavy atom. The third-order valence-corrected chi connectivity index (χ3v) is 6.94. The molecule has 0 saturated heterocycles. The summed E-state index contributed by atoms with van der Waals surface area (Å²) in [5, 5.41) is 5.76. The minimum atomic E-state index is -0.681. The van der Waals surface area contributed by atoms with E-state index in [4.69, 9.17) is 9.47 Å². The van der Waals surface area contributed by atoms with Gasteiger partial charge in [-0.25, -0.2) is 19.0 Å². The first-order valence-electron chi connectivity index (χ1n) is 14.6. The maximum atomic E-state index is 13.5. The van der Waals surface area contributed by atoms with Crippen molar-refractivity contribution in [2.75, 3.05) is 13.2 Å². The Morgan fingerprint density at radius 1 is 0.800 bits per heavy atom. The molecular formula is C35H32N4O6. The number of H-pyrrole nitrogens is 2. The molecule has 228 valence electrons. The Labute approximate surface area is 258 Å². The van der Waals surface area contributed by atoms with Gasteiger partial charge < -0.3 is 9.47 Å². The van der Waals surface area contributed by atoms with Crippen LogP contribution in [0.3, 0.4) is 0 Å². The van der Waals surface area contributed by atoms with Crippen molar-refractivity contribution in [3.63, 3.8) is 0 Å². The van der Waals surface area contributed by atoms with Gasteiger partial charge in [0, 0.05) is 5.57 Å². The first-order valence-corrected chi connectivity index (χ1v) is 14.6. The largest absolute Gasteiger partial charge is 0.461 e. The molecule has 0 fully saturated rings. The lowest BCUT2D eigenvalue weighted by atomic mass is 9.98. The quantitative estimate of drug-likeness (QED) is 0.139. The molecule has 2 N–H and O–H groups in total. The van der Waals surface area contributed by atoms with E-state index < -0.39 is 23.1 Å². The van der Waals surface area contributed by atoms with Crippen LogP contribution < -0.4 is 11.1 Å². The van der Waals surface area contributed by atoms with E-state index in [0.29, 0.717) is 16.9 Å². The normalized spacial score (nSPS) is 12.4. The second-order valence-electron chi connectivity index (χ2n) is 9.87. The van der Waals surface area contributed by atoms with Gasteiger partial charge in [-0.15, -0.1) is 5.73 Å². The maximum absolute atomic E-state index is 13.5. The minimum absolute atomic E-state index is 0.000530. The first kappa shape index (κ1) is 30.6. The van der Waals surface area contributed by atoms with Crippen LogP contribution in [0.5, 0.6) is 0 Å². The number of hydrogen-bond donors (Lipinski definition) is 2. The van der Waals surface area contributed by atoms with E-state index in [2.05, 4.69) is 15.9 Å². The van der Waals surface area contributed by atoms with Crippen LogP contribution in [0, 0.1) is 0 Å². The number of rotatable bonds is 10. The minimum Gasteiger partial charge on any atom is -0.461 e. The van der Waals surface area contributed by atoms with Crippen LogP contribution in [0.4, 0.5) is 0 Å². The van der Waals surface area contributed by atoms with Crippen molar-refractivity contribution < 1.29 is 19.1 Å². The average molecular weight is 605 g/mol. The van der Waals surface area contributed by atoms with Gasteiger partial charge in [0.1, 0.15) is 0 Å². The molecule has 10 heteroatoms. The van der Waals surface area contributed by atoms with Gasteiger partial charge in [0.2, 0.25) is 0 Å². The van der Waals surface area contributed by atoms with Crippen LogP contribution in [0.15, 0.2) is 111 Å². The summed E-state index contributed by atoms with van der Waals surface area (Å²) < 4.78 is 13.0. The van der Waals surface area contributed by atoms with Gasteiger partial charge in [-0.3, -0.25) is 19.8 Å². The lowest BCUT2D eigenvalue weighted by Gasteiger charge is -2.06. The topological polar surface area (TPSA) is 128 Å². The molecule has 0 spiro atoms. The lowest BCUT2D eigenvalue weighted by Crippen LogP contribution is -2.15. The molecule has 0 radical (unpaired) electrons. The summed E-state index contributed by atoms with van der Waals surface area (Å²) in [6, 6.07) is 17.7. The van der Waals surface area contributed by atoms with Crippen LogP contribution in [-0.4, -0.2) is 44.7 Å². The van der Waals surface area contributed by atoms with Crippen LogP contribution in [0.25, 0.3) is 23.5 Å². The van der Waals surface area contributed by atoms with Crippen LogP contribution in [0.2, 0.25) is 0 Å². The van der Waals surface area contributed by atoms with Gasteiger partial charge in [0.15, 0.2) is 11.4 Å². The van der Waals surface area contributed by atoms with Crippen LogP contribution >= 0.6 is 0 Å². The maximum Gasteiger partial charge on any atom is 0.357 e. The number of aromatic nitrogens is 4. The Balaban J connectivity index is 1.66. The van der Waals surface area contributed by atoms with Crippen LogP contribution in [0.1, 0.15) is 58.8 Å². The fourth-order valence-corrected chi connectivity index (χ4v) is 4.78. The van der Waals surface area contributed by atoms with E-state index in [9.17, 15) is 19.2 Å². The molecule has 1 aliphatic rings. The summed E-state index contributed by atoms with van der Waals surface area (Å²) in [5.41, 5.74) is 4.80. The van der Waals surface area contributed by atoms with Gasteiger partial charge >= 0.3 is 11.9 Å². The van der Waals surface area contributed by atoms with E-state index >= 15 is 0 Å². The van der Waals surface area contributed by atoms with Crippen molar-refractivity contribution in [2.45, 2.75) is 26.7 Å². The third-order valence-electron chi connectivity index (χ3n) is 6.94. The fraction of sp³-hybridized carbons (Fsp3) is 0.171.